The van der Waals surface area contributed by atoms with Gasteiger partial charge in [-0.1, -0.05) is 110 Å². The average molecular weight is 608 g/mol. The van der Waals surface area contributed by atoms with E-state index in [1.165, 1.54) is 70.6 Å². The zero-order valence-electron chi connectivity index (χ0n) is 26.9. The summed E-state index contributed by atoms with van der Waals surface area (Å²) in [5.41, 5.74) is 0. The molecular weight excluding hydrogens is 545 g/mol. The number of unbranched alkanes of at least 4 members (excludes halogenated alkanes) is 15. The lowest BCUT2D eigenvalue weighted by atomic mass is 10.1. The summed E-state index contributed by atoms with van der Waals surface area (Å²) in [4.78, 5) is 35.5. The molecule has 0 spiro atoms. The van der Waals surface area contributed by atoms with Crippen LogP contribution in [0.2, 0.25) is 0 Å². The monoisotopic (exact) mass is 607 g/mol. The second-order valence-electron chi connectivity index (χ2n) is 12.6. The highest BCUT2D eigenvalue weighted by Gasteiger charge is 2.62. The number of carbonyl (C=O) groups is 2. The lowest BCUT2D eigenvalue weighted by Gasteiger charge is -2.23. The number of hydrogen-bond donors (Lipinski definition) is 1. The zero-order chi connectivity index (χ0) is 30.6. The Morgan fingerprint density at radius 3 is 1.71 bits per heavy atom. The van der Waals surface area contributed by atoms with Crippen molar-refractivity contribution in [1.29, 1.82) is 0 Å². The van der Waals surface area contributed by atoms with Crippen molar-refractivity contribution in [2.24, 2.45) is 0 Å². The number of esters is 1. The van der Waals surface area contributed by atoms with Gasteiger partial charge in [-0.3, -0.25) is 9.32 Å². The molecule has 41 heavy (non-hydrogen) atoms. The van der Waals surface area contributed by atoms with Crippen LogP contribution in [0.15, 0.2) is 0 Å². The zero-order valence-corrected chi connectivity index (χ0v) is 27.8. The Kier molecular flexibility index (Phi) is 20.1. The average Bonchev–Trinajstić information content (AvgIpc) is 3.57. The predicted molar refractivity (Wildman–Crippen MR) is 163 cm³/mol. The van der Waals surface area contributed by atoms with E-state index in [1.54, 1.807) is 0 Å². The largest absolute Gasteiger partial charge is 0.520 e. The summed E-state index contributed by atoms with van der Waals surface area (Å²) in [5, 5.41) is 0. The van der Waals surface area contributed by atoms with Crippen molar-refractivity contribution in [2.45, 2.75) is 148 Å². The predicted octanol–water partition coefficient (Wildman–Crippen LogP) is 7.61. The van der Waals surface area contributed by atoms with Crippen LogP contribution in [0.3, 0.4) is 0 Å². The first kappa shape index (κ1) is 38.0. The quantitative estimate of drug-likeness (QED) is 0.0256. The molecule has 1 fully saturated rings. The van der Waals surface area contributed by atoms with Gasteiger partial charge in [0, 0.05) is 11.2 Å². The summed E-state index contributed by atoms with van der Waals surface area (Å²) in [6, 6.07) is 0. The second-order valence-corrected chi connectivity index (χ2v) is 14.0. The van der Waals surface area contributed by atoms with Crippen LogP contribution in [0.5, 0.6) is 0 Å². The van der Waals surface area contributed by atoms with Crippen LogP contribution in [-0.2, 0) is 32.3 Å². The van der Waals surface area contributed by atoms with Gasteiger partial charge >= 0.3 is 26.1 Å². The third-order valence-corrected chi connectivity index (χ3v) is 8.43. The number of nitrogens with zero attached hydrogens (tertiary/aromatic N) is 1. The fraction of sp³-hybridized carbons (Fsp3) is 0.935. The van der Waals surface area contributed by atoms with Gasteiger partial charge in [0.25, 0.3) is 6.10 Å². The Morgan fingerprint density at radius 2 is 1.22 bits per heavy atom. The maximum absolute atomic E-state index is 12.9. The maximum atomic E-state index is 12.9. The molecule has 1 aliphatic rings. The molecule has 0 aliphatic carbocycles. The van der Waals surface area contributed by atoms with E-state index in [1.807, 2.05) is 21.1 Å². The summed E-state index contributed by atoms with van der Waals surface area (Å²) >= 11 is 0. The normalized spacial score (nSPS) is 18.3. The first-order valence-electron chi connectivity index (χ1n) is 16.4. The van der Waals surface area contributed by atoms with Crippen LogP contribution in [0.4, 0.5) is 0 Å². The molecule has 1 unspecified atom stereocenters. The summed E-state index contributed by atoms with van der Waals surface area (Å²) in [6.45, 7) is 4.91. The van der Waals surface area contributed by atoms with Gasteiger partial charge in [0.2, 0.25) is 0 Å². The minimum atomic E-state index is -4.39. The molecule has 0 radical (unpaired) electrons. The van der Waals surface area contributed by atoms with Crippen molar-refractivity contribution >= 4 is 19.8 Å². The molecule has 1 rings (SSSR count). The van der Waals surface area contributed by atoms with E-state index >= 15 is 0 Å². The molecule has 0 aromatic rings. The highest BCUT2D eigenvalue weighted by atomic mass is 31.2. The highest BCUT2D eigenvalue weighted by molar-refractivity contribution is 7.47. The Balaban J connectivity index is 2.46. The summed E-state index contributed by atoms with van der Waals surface area (Å²) in [7, 11) is 1.47. The van der Waals surface area contributed by atoms with Crippen molar-refractivity contribution in [3.05, 3.63) is 0 Å². The molecule has 10 heteroatoms. The van der Waals surface area contributed by atoms with Crippen LogP contribution >= 0.6 is 7.82 Å². The van der Waals surface area contributed by atoms with Crippen molar-refractivity contribution in [1.82, 2.24) is 0 Å². The lowest BCUT2D eigenvalue weighted by molar-refractivity contribution is -0.870. The van der Waals surface area contributed by atoms with E-state index in [2.05, 4.69) is 18.2 Å². The highest BCUT2D eigenvalue weighted by Crippen LogP contribution is 2.52. The molecule has 0 amide bonds. The van der Waals surface area contributed by atoms with Crippen LogP contribution in [0.1, 0.15) is 136 Å². The molecule has 3 atom stereocenters. The van der Waals surface area contributed by atoms with Gasteiger partial charge in [0.1, 0.15) is 19.6 Å². The Labute approximate surface area is 250 Å². The number of quaternary nitrogens is 1. The smallest absolute Gasteiger partial charge is 0.507 e. The second kappa shape index (κ2) is 21.7. The van der Waals surface area contributed by atoms with Crippen LogP contribution in [-0.4, -0.2) is 74.6 Å². The molecular formula is C31H62NO8P+2. The van der Waals surface area contributed by atoms with Gasteiger partial charge in [-0.25, -0.2) is 9.09 Å². The summed E-state index contributed by atoms with van der Waals surface area (Å²) in [5.74, 6) is -0.548. The van der Waals surface area contributed by atoms with Gasteiger partial charge in [-0.15, -0.1) is 0 Å². The number of epoxide rings is 1. The van der Waals surface area contributed by atoms with Crippen molar-refractivity contribution in [2.75, 3.05) is 40.9 Å². The molecule has 242 valence electrons. The molecule has 0 bridgehead atoms. The van der Waals surface area contributed by atoms with E-state index < -0.39 is 20.2 Å². The van der Waals surface area contributed by atoms with Crippen LogP contribution in [0.25, 0.3) is 0 Å². The van der Waals surface area contributed by atoms with E-state index in [0.29, 0.717) is 23.9 Å². The van der Waals surface area contributed by atoms with Crippen molar-refractivity contribution in [3.63, 3.8) is 0 Å². The molecule has 0 aromatic carbocycles. The Bertz CT molecular complexity index is 757. The first-order valence-corrected chi connectivity index (χ1v) is 17.9. The number of carbonyl (C=O) groups excluding carboxylic acids is 2. The number of phosphoric ester groups is 1. The van der Waals surface area contributed by atoms with Gasteiger partial charge < -0.3 is 18.5 Å². The van der Waals surface area contributed by atoms with Crippen molar-refractivity contribution < 1.29 is 41.7 Å². The standard InChI is InChI=1S/C31H61NO8P/c1-6-8-10-12-14-16-18-20-22-24-30(34)40-28(31(40)39-41(35,36)38-26-25-32(3,4)5)27-37-29(33)23-21-19-17-15-13-11-9-7-2/h28,31H,6-27H2,1-5H3/q+1/p+1/t28-,31-/m1/s1. The Hall–Kier alpha value is -0.990. The minimum absolute atomic E-state index is 0.0410. The van der Waals surface area contributed by atoms with Crippen molar-refractivity contribution in [3.8, 4) is 0 Å². The summed E-state index contributed by atoms with van der Waals surface area (Å²) < 4.78 is 31.4. The van der Waals surface area contributed by atoms with Gasteiger partial charge in [-0.05, 0) is 12.8 Å². The van der Waals surface area contributed by atoms with Crippen LogP contribution < -0.4 is 0 Å². The lowest BCUT2D eigenvalue weighted by Crippen LogP contribution is -2.37. The fourth-order valence-corrected chi connectivity index (χ4v) is 5.60. The van der Waals surface area contributed by atoms with E-state index in [0.717, 1.165) is 38.5 Å². The van der Waals surface area contributed by atoms with E-state index in [9.17, 15) is 19.0 Å². The van der Waals surface area contributed by atoms with E-state index in [-0.39, 0.29) is 25.2 Å². The molecule has 0 saturated carbocycles. The van der Waals surface area contributed by atoms with Gasteiger partial charge in [0.05, 0.1) is 21.1 Å². The Morgan fingerprint density at radius 1 is 0.756 bits per heavy atom. The molecule has 1 saturated heterocycles. The number of hydrogen-bond acceptors (Lipinski definition) is 6. The fourth-order valence-electron chi connectivity index (χ4n) is 4.74. The minimum Gasteiger partial charge on any atom is -0.507 e. The maximum Gasteiger partial charge on any atom is 0.520 e. The van der Waals surface area contributed by atoms with Crippen LogP contribution in [0, 0.1) is 0 Å². The molecule has 1 N–H and O–H groups in total. The number of ether oxygens (including phenoxy) is 1. The number of phosphoric acid groups is 1. The van der Waals surface area contributed by atoms with Gasteiger partial charge in [-0.2, -0.15) is 0 Å². The molecule has 9 nitrogen and oxygen atoms in total. The topological polar surface area (TPSA) is 102 Å². The number of likely N-dealkylation sites (N-methyl/N-ethyl adjacent to an activating group) is 1. The third-order valence-electron chi connectivity index (χ3n) is 7.45. The summed E-state index contributed by atoms with van der Waals surface area (Å²) in [6.07, 6.45) is 18.4. The first-order chi connectivity index (χ1) is 19.5. The third kappa shape index (κ3) is 19.8. The molecule has 1 heterocycles. The van der Waals surface area contributed by atoms with E-state index in [4.69, 9.17) is 13.8 Å². The SMILES string of the molecule is CCCCCCCCCCCC(=O)[O+]1[C@H](COC(=O)CCCCCCCCCC)[C@@H]1OP(=O)(O)OCC[N+](C)(C)C. The van der Waals surface area contributed by atoms with Gasteiger partial charge in [0.15, 0.2) is 6.61 Å². The molecule has 1 aliphatic heterocycles. The molecule has 0 aromatic heterocycles. The number of rotatable bonds is 27.